The quantitative estimate of drug-likeness (QED) is 0.860. The van der Waals surface area contributed by atoms with E-state index in [4.69, 9.17) is 0 Å². The summed E-state index contributed by atoms with van der Waals surface area (Å²) in [6, 6.07) is 8.34. The zero-order chi connectivity index (χ0) is 15.8. The van der Waals surface area contributed by atoms with Crippen molar-refractivity contribution in [1.29, 1.82) is 0 Å². The minimum absolute atomic E-state index is 0.207. The van der Waals surface area contributed by atoms with Gasteiger partial charge in [-0.15, -0.1) is 0 Å². The van der Waals surface area contributed by atoms with Gasteiger partial charge in [-0.3, -0.25) is 4.79 Å². The lowest BCUT2D eigenvalue weighted by Gasteiger charge is -2.28. The summed E-state index contributed by atoms with van der Waals surface area (Å²) >= 11 is 3.46. The first-order chi connectivity index (χ1) is 10.4. The summed E-state index contributed by atoms with van der Waals surface area (Å²) in [7, 11) is 0. The summed E-state index contributed by atoms with van der Waals surface area (Å²) in [4.78, 5) is 12.6. The van der Waals surface area contributed by atoms with E-state index in [1.54, 1.807) is 0 Å². The second-order valence-corrected chi connectivity index (χ2v) is 8.46. The van der Waals surface area contributed by atoms with Crippen molar-refractivity contribution in [2.75, 3.05) is 13.1 Å². The van der Waals surface area contributed by atoms with Crippen LogP contribution in [0.15, 0.2) is 28.7 Å². The molecule has 2 N–H and O–H groups in total. The number of nitrogens with one attached hydrogen (secondary N) is 2. The lowest BCUT2D eigenvalue weighted by atomic mass is 9.90. The van der Waals surface area contributed by atoms with Gasteiger partial charge >= 0.3 is 0 Å². The molecule has 1 aliphatic carbocycles. The fraction of sp³-hybridized carbons (Fsp3) is 0.611. The van der Waals surface area contributed by atoms with Crippen molar-refractivity contribution in [3.8, 4) is 0 Å². The zero-order valence-electron chi connectivity index (χ0n) is 13.4. The molecule has 1 saturated carbocycles. The Kier molecular flexibility index (Phi) is 4.34. The molecule has 1 aliphatic heterocycles. The van der Waals surface area contributed by atoms with E-state index in [1.165, 1.54) is 5.56 Å². The van der Waals surface area contributed by atoms with Crippen LogP contribution in [-0.4, -0.2) is 24.5 Å². The lowest BCUT2D eigenvalue weighted by Crippen LogP contribution is -2.46. The van der Waals surface area contributed by atoms with Crippen LogP contribution in [-0.2, 0) is 11.2 Å². The topological polar surface area (TPSA) is 41.1 Å². The number of amides is 1. The smallest absolute Gasteiger partial charge is 0.224 e. The van der Waals surface area contributed by atoms with E-state index in [0.717, 1.165) is 43.2 Å². The Hall–Kier alpha value is -0.870. The number of hydrogen-bond acceptors (Lipinski definition) is 2. The van der Waals surface area contributed by atoms with Crippen molar-refractivity contribution in [2.24, 2.45) is 11.3 Å². The van der Waals surface area contributed by atoms with E-state index in [0.29, 0.717) is 5.41 Å². The molecule has 2 fully saturated rings. The summed E-state index contributed by atoms with van der Waals surface area (Å²) in [5.74, 6) is 0.489. The molecule has 1 aromatic carbocycles. The Morgan fingerprint density at radius 3 is 2.59 bits per heavy atom. The van der Waals surface area contributed by atoms with E-state index < -0.39 is 0 Å². The average molecular weight is 365 g/mol. The molecule has 1 unspecified atom stereocenters. The summed E-state index contributed by atoms with van der Waals surface area (Å²) in [6.07, 6.45) is 4.23. The highest BCUT2D eigenvalue weighted by molar-refractivity contribution is 9.10. The number of benzene rings is 1. The van der Waals surface area contributed by atoms with Gasteiger partial charge < -0.3 is 10.6 Å². The second-order valence-electron chi connectivity index (χ2n) is 7.55. The van der Waals surface area contributed by atoms with Crippen molar-refractivity contribution in [3.63, 3.8) is 0 Å². The third kappa shape index (κ3) is 3.54. The molecule has 22 heavy (non-hydrogen) atoms. The van der Waals surface area contributed by atoms with Crippen LogP contribution >= 0.6 is 15.9 Å². The van der Waals surface area contributed by atoms with Crippen LogP contribution in [0.3, 0.4) is 0 Å². The van der Waals surface area contributed by atoms with E-state index in [1.807, 2.05) is 0 Å². The van der Waals surface area contributed by atoms with Gasteiger partial charge in [0.15, 0.2) is 0 Å². The van der Waals surface area contributed by atoms with Gasteiger partial charge in [0, 0.05) is 15.9 Å². The molecule has 0 radical (unpaired) electrons. The number of carbonyl (C=O) groups excluding carboxylic acids is 1. The lowest BCUT2D eigenvalue weighted by molar-refractivity contribution is -0.124. The van der Waals surface area contributed by atoms with E-state index in [9.17, 15) is 4.79 Å². The number of rotatable bonds is 4. The monoisotopic (exact) mass is 364 g/mol. The molecule has 1 atom stereocenters. The maximum atomic E-state index is 12.6. The Morgan fingerprint density at radius 2 is 1.95 bits per heavy atom. The SMILES string of the molecule is CC(C)(Cc1ccc(Br)cc1)NC(=O)C1CC12CCNCC2. The fourth-order valence-electron chi connectivity index (χ4n) is 3.77. The van der Waals surface area contributed by atoms with Gasteiger partial charge in [0.1, 0.15) is 0 Å². The van der Waals surface area contributed by atoms with E-state index >= 15 is 0 Å². The fourth-order valence-corrected chi connectivity index (χ4v) is 4.04. The molecule has 0 bridgehead atoms. The molecule has 3 rings (SSSR count). The number of piperidine rings is 1. The standard InChI is InChI=1S/C18H25BrN2O/c1-17(2,11-13-3-5-14(19)6-4-13)21-16(22)15-12-18(15)7-9-20-10-8-18/h3-6,15,20H,7-12H2,1-2H3,(H,21,22). The van der Waals surface area contributed by atoms with Gasteiger partial charge in [0.2, 0.25) is 5.91 Å². The van der Waals surface area contributed by atoms with Gasteiger partial charge in [-0.25, -0.2) is 0 Å². The van der Waals surface area contributed by atoms with Crippen LogP contribution in [0.5, 0.6) is 0 Å². The first kappa shape index (κ1) is 16.0. The highest BCUT2D eigenvalue weighted by atomic mass is 79.9. The third-order valence-electron chi connectivity index (χ3n) is 5.13. The average Bonchev–Trinajstić information content (AvgIpc) is 3.15. The van der Waals surface area contributed by atoms with E-state index in [2.05, 4.69) is 64.7 Å². The molecule has 1 heterocycles. The van der Waals surface area contributed by atoms with Gasteiger partial charge in [0.05, 0.1) is 0 Å². The highest BCUT2D eigenvalue weighted by Crippen LogP contribution is 2.58. The normalized spacial score (nSPS) is 23.3. The summed E-state index contributed by atoms with van der Waals surface area (Å²) < 4.78 is 1.09. The molecule has 1 saturated heterocycles. The first-order valence-electron chi connectivity index (χ1n) is 8.17. The Morgan fingerprint density at radius 1 is 1.32 bits per heavy atom. The molecule has 1 amide bonds. The van der Waals surface area contributed by atoms with Crippen molar-refractivity contribution in [2.45, 2.75) is 45.1 Å². The Bertz CT molecular complexity index is 547. The molecule has 1 spiro atoms. The summed E-state index contributed by atoms with van der Waals surface area (Å²) in [6.45, 7) is 6.35. The minimum atomic E-state index is -0.207. The van der Waals surface area contributed by atoms with Gasteiger partial charge in [-0.2, -0.15) is 0 Å². The predicted octanol–water partition coefficient (Wildman–Crippen LogP) is 3.28. The van der Waals surface area contributed by atoms with Crippen molar-refractivity contribution < 1.29 is 4.79 Å². The summed E-state index contributed by atoms with van der Waals surface area (Å²) in [5.41, 5.74) is 1.35. The van der Waals surface area contributed by atoms with Crippen LogP contribution in [0.25, 0.3) is 0 Å². The molecular formula is C18H25BrN2O. The molecule has 120 valence electrons. The maximum Gasteiger partial charge on any atom is 0.224 e. The maximum absolute atomic E-state index is 12.6. The van der Waals surface area contributed by atoms with Crippen LogP contribution < -0.4 is 10.6 Å². The van der Waals surface area contributed by atoms with Gasteiger partial charge in [0.25, 0.3) is 0 Å². The van der Waals surface area contributed by atoms with Gasteiger partial charge in [-0.05, 0) is 75.7 Å². The van der Waals surface area contributed by atoms with Crippen molar-refractivity contribution in [1.82, 2.24) is 10.6 Å². The number of hydrogen-bond donors (Lipinski definition) is 2. The van der Waals surface area contributed by atoms with Crippen LogP contribution in [0.2, 0.25) is 0 Å². The predicted molar refractivity (Wildman–Crippen MR) is 92.7 cm³/mol. The highest BCUT2D eigenvalue weighted by Gasteiger charge is 2.57. The van der Waals surface area contributed by atoms with Crippen LogP contribution in [0, 0.1) is 11.3 Å². The number of carbonyl (C=O) groups is 1. The van der Waals surface area contributed by atoms with Crippen LogP contribution in [0.1, 0.15) is 38.7 Å². The zero-order valence-corrected chi connectivity index (χ0v) is 15.0. The first-order valence-corrected chi connectivity index (χ1v) is 8.97. The second kappa shape index (κ2) is 5.97. The largest absolute Gasteiger partial charge is 0.351 e. The molecule has 3 nitrogen and oxygen atoms in total. The molecular weight excluding hydrogens is 340 g/mol. The van der Waals surface area contributed by atoms with Crippen LogP contribution in [0.4, 0.5) is 0 Å². The molecule has 1 aromatic rings. The summed E-state index contributed by atoms with van der Waals surface area (Å²) in [5, 5.41) is 6.67. The van der Waals surface area contributed by atoms with E-state index in [-0.39, 0.29) is 17.4 Å². The number of halogens is 1. The Balaban J connectivity index is 1.57. The molecule has 4 heteroatoms. The molecule has 2 aliphatic rings. The third-order valence-corrected chi connectivity index (χ3v) is 5.66. The van der Waals surface area contributed by atoms with Gasteiger partial charge in [-0.1, -0.05) is 28.1 Å². The molecule has 0 aromatic heterocycles. The minimum Gasteiger partial charge on any atom is -0.351 e. The Labute approximate surface area is 141 Å². The van der Waals surface area contributed by atoms with Crippen molar-refractivity contribution in [3.05, 3.63) is 34.3 Å². The van der Waals surface area contributed by atoms with Crippen molar-refractivity contribution >= 4 is 21.8 Å².